The Kier molecular flexibility index (Phi) is 8.58. The predicted molar refractivity (Wildman–Crippen MR) is 64.5 cm³/mol. The molecule has 15 heavy (non-hydrogen) atoms. The third-order valence-corrected chi connectivity index (χ3v) is 3.99. The van der Waals surface area contributed by atoms with Crippen molar-refractivity contribution in [2.75, 3.05) is 18.1 Å². The Labute approximate surface area is 101 Å². The maximum Gasteiger partial charge on any atom is 0.135 e. The highest BCUT2D eigenvalue weighted by Gasteiger charge is 2.12. The Morgan fingerprint density at radius 1 is 1.20 bits per heavy atom. The molecule has 1 atom stereocenters. The molecule has 0 aliphatic heterocycles. The van der Waals surface area contributed by atoms with Gasteiger partial charge in [0.05, 0.1) is 6.61 Å². The van der Waals surface area contributed by atoms with Crippen molar-refractivity contribution in [1.82, 2.24) is 0 Å². The van der Waals surface area contributed by atoms with Crippen LogP contribution in [0.2, 0.25) is 0 Å². The van der Waals surface area contributed by atoms with E-state index in [9.17, 15) is 0 Å². The first-order valence-corrected chi connectivity index (χ1v) is 6.43. The first-order valence-electron chi connectivity index (χ1n) is 4.80. The number of halogens is 1. The standard InChI is InChI=1S/C12H17OS.ClH/c1-2-14(11-9-13)10-8-12-6-4-3-5-7-12;/h2-7,13H,1,8-11H2;1H/q+1;/p-1. The molecule has 0 bridgehead atoms. The van der Waals surface area contributed by atoms with Gasteiger partial charge < -0.3 is 17.5 Å². The van der Waals surface area contributed by atoms with Gasteiger partial charge in [0.1, 0.15) is 16.9 Å². The molecule has 0 amide bonds. The highest BCUT2D eigenvalue weighted by atomic mass is 35.5. The molecule has 0 saturated heterocycles. The maximum absolute atomic E-state index is 8.82. The van der Waals surface area contributed by atoms with Crippen LogP contribution in [0.3, 0.4) is 0 Å². The van der Waals surface area contributed by atoms with Crippen molar-refractivity contribution in [3.8, 4) is 0 Å². The summed E-state index contributed by atoms with van der Waals surface area (Å²) in [7, 11) is 0.182. The number of rotatable bonds is 6. The van der Waals surface area contributed by atoms with E-state index in [1.54, 1.807) is 0 Å². The van der Waals surface area contributed by atoms with E-state index in [-0.39, 0.29) is 29.9 Å². The maximum atomic E-state index is 8.82. The van der Waals surface area contributed by atoms with Crippen LogP contribution >= 0.6 is 0 Å². The van der Waals surface area contributed by atoms with Crippen molar-refractivity contribution in [2.24, 2.45) is 0 Å². The molecular weight excluding hydrogens is 228 g/mol. The average Bonchev–Trinajstić information content (AvgIpc) is 2.25. The zero-order chi connectivity index (χ0) is 10.2. The molecule has 3 heteroatoms. The molecule has 0 radical (unpaired) electrons. The van der Waals surface area contributed by atoms with Gasteiger partial charge >= 0.3 is 0 Å². The summed E-state index contributed by atoms with van der Waals surface area (Å²) in [5, 5.41) is 10.8. The number of aliphatic hydroxyl groups excluding tert-OH is 1. The van der Waals surface area contributed by atoms with Crippen LogP contribution in [-0.4, -0.2) is 23.2 Å². The Bertz CT molecular complexity index is 264. The smallest absolute Gasteiger partial charge is 0.135 e. The van der Waals surface area contributed by atoms with Crippen LogP contribution in [0.15, 0.2) is 42.3 Å². The molecule has 0 heterocycles. The Hall–Kier alpha value is -0.440. The number of aryl methyl sites for hydroxylation is 1. The van der Waals surface area contributed by atoms with Crippen LogP contribution in [0.4, 0.5) is 0 Å². The van der Waals surface area contributed by atoms with E-state index >= 15 is 0 Å². The predicted octanol–water partition coefficient (Wildman–Crippen LogP) is -1.01. The van der Waals surface area contributed by atoms with Gasteiger partial charge in [0, 0.05) is 17.3 Å². The molecule has 0 saturated carbocycles. The Balaban J connectivity index is 0.00000196. The summed E-state index contributed by atoms with van der Waals surface area (Å²) in [5.74, 6) is 1.96. The monoisotopic (exact) mass is 244 g/mol. The topological polar surface area (TPSA) is 20.2 Å². The summed E-state index contributed by atoms with van der Waals surface area (Å²) >= 11 is 0. The van der Waals surface area contributed by atoms with Gasteiger partial charge in [-0.2, -0.15) is 0 Å². The lowest BCUT2D eigenvalue weighted by Crippen LogP contribution is -3.00. The third-order valence-electron chi connectivity index (χ3n) is 2.08. The number of aliphatic hydroxyl groups is 1. The molecule has 1 unspecified atom stereocenters. The fourth-order valence-corrected chi connectivity index (χ4v) is 2.55. The normalized spacial score (nSPS) is 11.5. The largest absolute Gasteiger partial charge is 1.00 e. The van der Waals surface area contributed by atoms with E-state index in [2.05, 4.69) is 30.8 Å². The van der Waals surface area contributed by atoms with E-state index in [0.29, 0.717) is 0 Å². The molecule has 1 nitrogen and oxygen atoms in total. The quantitative estimate of drug-likeness (QED) is 0.636. The SMILES string of the molecule is C=C[S+](CCO)CCc1ccccc1.[Cl-]. The molecule has 0 aromatic heterocycles. The molecule has 1 aromatic rings. The summed E-state index contributed by atoms with van der Waals surface area (Å²) in [5.41, 5.74) is 1.37. The molecular formula is C12H17ClOS. The Morgan fingerprint density at radius 2 is 1.87 bits per heavy atom. The van der Waals surface area contributed by atoms with E-state index < -0.39 is 0 Å². The summed E-state index contributed by atoms with van der Waals surface area (Å²) in [4.78, 5) is 0. The lowest BCUT2D eigenvalue weighted by molar-refractivity contribution is -0.00000399. The van der Waals surface area contributed by atoms with Gasteiger partial charge in [-0.1, -0.05) is 36.9 Å². The van der Waals surface area contributed by atoms with E-state index in [1.807, 2.05) is 11.5 Å². The van der Waals surface area contributed by atoms with Gasteiger partial charge in [0.15, 0.2) is 0 Å². The second-order valence-corrected chi connectivity index (χ2v) is 5.30. The van der Waals surface area contributed by atoms with Crippen LogP contribution in [0.1, 0.15) is 5.56 Å². The molecule has 0 aliphatic carbocycles. The molecule has 1 rings (SSSR count). The molecule has 84 valence electrons. The van der Waals surface area contributed by atoms with E-state index in [4.69, 9.17) is 5.11 Å². The van der Waals surface area contributed by atoms with Crippen molar-refractivity contribution in [3.05, 3.63) is 47.9 Å². The fourth-order valence-electron chi connectivity index (χ4n) is 1.28. The second kappa shape index (κ2) is 8.84. The number of benzene rings is 1. The van der Waals surface area contributed by atoms with Crippen LogP contribution in [0, 0.1) is 0 Å². The second-order valence-electron chi connectivity index (χ2n) is 3.07. The van der Waals surface area contributed by atoms with Crippen LogP contribution in [-0.2, 0) is 17.3 Å². The van der Waals surface area contributed by atoms with Crippen LogP contribution < -0.4 is 12.4 Å². The molecule has 1 aromatic carbocycles. The summed E-state index contributed by atoms with van der Waals surface area (Å²) in [6, 6.07) is 10.4. The van der Waals surface area contributed by atoms with E-state index in [1.165, 1.54) is 5.56 Å². The molecule has 0 aliphatic rings. The van der Waals surface area contributed by atoms with Gasteiger partial charge in [0.2, 0.25) is 0 Å². The molecule has 0 fully saturated rings. The van der Waals surface area contributed by atoms with Crippen molar-refractivity contribution >= 4 is 10.9 Å². The number of hydrogen-bond donors (Lipinski definition) is 1. The zero-order valence-electron chi connectivity index (χ0n) is 8.73. The van der Waals surface area contributed by atoms with Crippen molar-refractivity contribution in [3.63, 3.8) is 0 Å². The first kappa shape index (κ1) is 14.6. The third kappa shape index (κ3) is 5.88. The average molecular weight is 245 g/mol. The minimum Gasteiger partial charge on any atom is -1.00 e. The molecule has 0 spiro atoms. The molecule has 1 N–H and O–H groups in total. The highest BCUT2D eigenvalue weighted by molar-refractivity contribution is 7.99. The van der Waals surface area contributed by atoms with Crippen molar-refractivity contribution < 1.29 is 17.5 Å². The van der Waals surface area contributed by atoms with Crippen molar-refractivity contribution in [1.29, 1.82) is 0 Å². The van der Waals surface area contributed by atoms with Gasteiger partial charge in [-0.25, -0.2) is 0 Å². The lowest BCUT2D eigenvalue weighted by Gasteiger charge is -2.02. The summed E-state index contributed by atoms with van der Waals surface area (Å²) in [6.45, 7) is 4.06. The minimum atomic E-state index is 0. The fraction of sp³-hybridized carbons (Fsp3) is 0.333. The minimum absolute atomic E-state index is 0. The highest BCUT2D eigenvalue weighted by Crippen LogP contribution is 2.05. The van der Waals surface area contributed by atoms with Crippen molar-refractivity contribution in [2.45, 2.75) is 6.42 Å². The van der Waals surface area contributed by atoms with Crippen LogP contribution in [0.5, 0.6) is 0 Å². The lowest BCUT2D eigenvalue weighted by atomic mass is 10.2. The van der Waals surface area contributed by atoms with Gasteiger partial charge in [-0.15, -0.1) is 0 Å². The zero-order valence-corrected chi connectivity index (χ0v) is 10.3. The van der Waals surface area contributed by atoms with E-state index in [0.717, 1.165) is 17.9 Å². The van der Waals surface area contributed by atoms with Gasteiger partial charge in [0.25, 0.3) is 0 Å². The number of hydrogen-bond acceptors (Lipinski definition) is 1. The summed E-state index contributed by atoms with van der Waals surface area (Å²) in [6.07, 6.45) is 1.08. The van der Waals surface area contributed by atoms with Gasteiger partial charge in [-0.05, 0) is 5.56 Å². The first-order chi connectivity index (χ1) is 6.86. The summed E-state index contributed by atoms with van der Waals surface area (Å²) < 4.78 is 0. The van der Waals surface area contributed by atoms with Gasteiger partial charge in [-0.3, -0.25) is 0 Å². The Morgan fingerprint density at radius 3 is 2.40 bits per heavy atom. The van der Waals surface area contributed by atoms with Crippen LogP contribution in [0.25, 0.3) is 0 Å².